The maximum Gasteiger partial charge on any atom is 0.298 e. The predicted molar refractivity (Wildman–Crippen MR) is 124 cm³/mol. The van der Waals surface area contributed by atoms with Gasteiger partial charge in [-0.2, -0.15) is 13.9 Å². The lowest BCUT2D eigenvalue weighted by molar-refractivity contribution is -0.0722. The van der Waals surface area contributed by atoms with E-state index in [1.807, 2.05) is 13.0 Å². The zero-order valence-corrected chi connectivity index (χ0v) is 19.6. The second kappa shape index (κ2) is 9.71. The summed E-state index contributed by atoms with van der Waals surface area (Å²) in [7, 11) is 2.86. The van der Waals surface area contributed by atoms with E-state index in [0.717, 1.165) is 43.8 Å². The van der Waals surface area contributed by atoms with Crippen molar-refractivity contribution < 1.29 is 22.6 Å². The van der Waals surface area contributed by atoms with Crippen LogP contribution < -0.4 is 10.2 Å². The number of pyridine rings is 1. The van der Waals surface area contributed by atoms with Crippen LogP contribution in [0.2, 0.25) is 0 Å². The molecule has 0 spiro atoms. The zero-order chi connectivity index (χ0) is 24.5. The van der Waals surface area contributed by atoms with Gasteiger partial charge in [-0.25, -0.2) is 4.39 Å². The molecular weight excluding hydrogens is 447 g/mol. The molecule has 1 aliphatic heterocycles. The van der Waals surface area contributed by atoms with Crippen LogP contribution in [0.5, 0.6) is 0 Å². The second-order valence-corrected chi connectivity index (χ2v) is 8.53. The van der Waals surface area contributed by atoms with E-state index < -0.39 is 30.0 Å². The fourth-order valence-corrected chi connectivity index (χ4v) is 4.29. The number of alkyl halides is 2. The van der Waals surface area contributed by atoms with Crippen LogP contribution in [0.15, 0.2) is 30.5 Å². The average molecular weight is 476 g/mol. The van der Waals surface area contributed by atoms with Crippen LogP contribution in [-0.2, 0) is 15.4 Å². The Bertz CT molecular complexity index is 1180. The Morgan fingerprint density at radius 3 is 2.76 bits per heavy atom. The Kier molecular flexibility index (Phi) is 6.90. The molecule has 182 valence electrons. The van der Waals surface area contributed by atoms with Crippen molar-refractivity contribution >= 4 is 22.4 Å². The van der Waals surface area contributed by atoms with Crippen LogP contribution in [0, 0.1) is 12.7 Å². The van der Waals surface area contributed by atoms with Gasteiger partial charge in [0.1, 0.15) is 12.4 Å². The monoisotopic (exact) mass is 475 g/mol. The minimum atomic E-state index is -3.44. The summed E-state index contributed by atoms with van der Waals surface area (Å²) in [6.07, 6.45) is 2.88. The number of anilines is 2. The number of hydrogen-bond acceptors (Lipinski definition) is 7. The summed E-state index contributed by atoms with van der Waals surface area (Å²) in [4.78, 5) is 6.77. The first kappa shape index (κ1) is 24.2. The van der Waals surface area contributed by atoms with Gasteiger partial charge in [0.15, 0.2) is 5.82 Å². The fraction of sp³-hybridized carbons (Fsp3) is 0.458. The summed E-state index contributed by atoms with van der Waals surface area (Å²) in [5.41, 5.74) is 1.63. The van der Waals surface area contributed by atoms with E-state index in [4.69, 9.17) is 4.74 Å². The number of halogens is 3. The Morgan fingerprint density at radius 2 is 2.06 bits per heavy atom. The SMILES string of the molecule is COCC(F)(F)c1cccc([C@@H](C)Nc2nnc(C)c3ncc(N4CC[C@H](OC)C4)cc23)c1F. The van der Waals surface area contributed by atoms with Gasteiger partial charge in [0.05, 0.1) is 40.8 Å². The molecule has 7 nitrogen and oxygen atoms in total. The molecule has 0 aliphatic carbocycles. The number of nitrogens with one attached hydrogen (secondary N) is 1. The van der Waals surface area contributed by atoms with E-state index in [0.29, 0.717) is 17.0 Å². The van der Waals surface area contributed by atoms with Gasteiger partial charge in [-0.05, 0) is 32.4 Å². The maximum absolute atomic E-state index is 15.1. The summed E-state index contributed by atoms with van der Waals surface area (Å²) in [5.74, 6) is -4.02. The quantitative estimate of drug-likeness (QED) is 0.510. The zero-order valence-electron chi connectivity index (χ0n) is 19.6. The van der Waals surface area contributed by atoms with E-state index >= 15 is 4.39 Å². The van der Waals surface area contributed by atoms with E-state index in [-0.39, 0.29) is 11.7 Å². The lowest BCUT2D eigenvalue weighted by Gasteiger charge is -2.22. The summed E-state index contributed by atoms with van der Waals surface area (Å²) < 4.78 is 53.9. The molecule has 0 amide bonds. The standard InChI is InChI=1S/C24H28F3N5O2/c1-14(18-6-5-7-20(21(18)25)24(26,27)13-33-3)29-23-19-10-16(32-9-8-17(12-32)34-4)11-28-22(19)15(2)30-31-23/h5-7,10-11,14,17H,8-9,12-13H2,1-4H3,(H,29,31)/t14-,17+/m1/s1. The molecule has 3 aromatic rings. The molecule has 4 rings (SSSR count). The summed E-state index contributed by atoms with van der Waals surface area (Å²) >= 11 is 0. The highest BCUT2D eigenvalue weighted by molar-refractivity contribution is 5.92. The smallest absolute Gasteiger partial charge is 0.298 e. The molecule has 1 saturated heterocycles. The molecule has 10 heteroatoms. The first-order valence-electron chi connectivity index (χ1n) is 11.1. The minimum Gasteiger partial charge on any atom is -0.380 e. The Hall–Kier alpha value is -2.98. The maximum atomic E-state index is 15.1. The van der Waals surface area contributed by atoms with Crippen molar-refractivity contribution in [3.63, 3.8) is 0 Å². The predicted octanol–water partition coefficient (Wildman–Crippen LogP) is 4.61. The van der Waals surface area contributed by atoms with Crippen LogP contribution in [0.4, 0.5) is 24.7 Å². The molecule has 1 aromatic carbocycles. The minimum absolute atomic E-state index is 0.0930. The lowest BCUT2D eigenvalue weighted by Crippen LogP contribution is -2.23. The molecule has 2 aromatic heterocycles. The molecule has 1 N–H and O–H groups in total. The normalized spacial score (nSPS) is 17.4. The Morgan fingerprint density at radius 1 is 1.26 bits per heavy atom. The van der Waals surface area contributed by atoms with E-state index in [9.17, 15) is 8.78 Å². The highest BCUT2D eigenvalue weighted by atomic mass is 19.3. The largest absolute Gasteiger partial charge is 0.380 e. The van der Waals surface area contributed by atoms with Gasteiger partial charge in [0, 0.05) is 38.3 Å². The third-order valence-electron chi connectivity index (χ3n) is 6.18. The highest BCUT2D eigenvalue weighted by Crippen LogP contribution is 2.35. The third kappa shape index (κ3) is 4.65. The van der Waals surface area contributed by atoms with Crippen LogP contribution in [0.3, 0.4) is 0 Å². The topological polar surface area (TPSA) is 72.4 Å². The highest BCUT2D eigenvalue weighted by Gasteiger charge is 2.36. The molecule has 0 unspecified atom stereocenters. The third-order valence-corrected chi connectivity index (χ3v) is 6.18. The number of methoxy groups -OCH3 is 2. The van der Waals surface area contributed by atoms with Gasteiger partial charge in [-0.1, -0.05) is 12.1 Å². The molecule has 0 saturated carbocycles. The average Bonchev–Trinajstić information content (AvgIpc) is 3.30. The molecule has 0 radical (unpaired) electrons. The summed E-state index contributed by atoms with van der Waals surface area (Å²) in [6, 6.07) is 5.27. The van der Waals surface area contributed by atoms with Crippen molar-refractivity contribution in [1.82, 2.24) is 15.2 Å². The molecular formula is C24H28F3N5O2. The van der Waals surface area contributed by atoms with Crippen molar-refractivity contribution in [2.24, 2.45) is 0 Å². The Labute approximate surface area is 196 Å². The number of nitrogens with zero attached hydrogens (tertiary/aromatic N) is 4. The van der Waals surface area contributed by atoms with Crippen molar-refractivity contribution in [2.75, 3.05) is 44.1 Å². The van der Waals surface area contributed by atoms with E-state index in [2.05, 4.69) is 30.1 Å². The first-order valence-corrected chi connectivity index (χ1v) is 11.1. The van der Waals surface area contributed by atoms with Crippen molar-refractivity contribution in [3.05, 3.63) is 53.1 Å². The van der Waals surface area contributed by atoms with Crippen LogP contribution in [-0.4, -0.2) is 55.2 Å². The van der Waals surface area contributed by atoms with Crippen molar-refractivity contribution in [2.45, 2.75) is 38.3 Å². The van der Waals surface area contributed by atoms with Gasteiger partial charge in [-0.3, -0.25) is 4.98 Å². The van der Waals surface area contributed by atoms with Crippen LogP contribution >= 0.6 is 0 Å². The van der Waals surface area contributed by atoms with Gasteiger partial charge < -0.3 is 19.7 Å². The number of hydrogen-bond donors (Lipinski definition) is 1. The van der Waals surface area contributed by atoms with E-state index in [1.165, 1.54) is 12.1 Å². The number of rotatable bonds is 8. The van der Waals surface area contributed by atoms with Crippen LogP contribution in [0.25, 0.3) is 10.9 Å². The molecule has 1 aliphatic rings. The number of benzene rings is 1. The van der Waals surface area contributed by atoms with Gasteiger partial charge in [0.2, 0.25) is 0 Å². The number of fused-ring (bicyclic) bond motifs is 1. The summed E-state index contributed by atoms with van der Waals surface area (Å²) in [5, 5.41) is 12.3. The molecule has 3 heterocycles. The number of aromatic nitrogens is 3. The Balaban J connectivity index is 1.67. The molecule has 34 heavy (non-hydrogen) atoms. The second-order valence-electron chi connectivity index (χ2n) is 8.53. The van der Waals surface area contributed by atoms with Crippen molar-refractivity contribution in [3.8, 4) is 0 Å². The fourth-order valence-electron chi connectivity index (χ4n) is 4.29. The lowest BCUT2D eigenvalue weighted by atomic mass is 10.00. The van der Waals surface area contributed by atoms with Crippen LogP contribution in [0.1, 0.15) is 36.2 Å². The first-order chi connectivity index (χ1) is 16.2. The molecule has 1 fully saturated rings. The van der Waals surface area contributed by atoms with Gasteiger partial charge in [-0.15, -0.1) is 5.10 Å². The molecule has 0 bridgehead atoms. The number of aryl methyl sites for hydroxylation is 1. The van der Waals surface area contributed by atoms with Crippen molar-refractivity contribution in [1.29, 1.82) is 0 Å². The summed E-state index contributed by atoms with van der Waals surface area (Å²) in [6.45, 7) is 4.19. The van der Waals surface area contributed by atoms with E-state index in [1.54, 1.807) is 20.2 Å². The number of ether oxygens (including phenoxy) is 2. The molecule has 2 atom stereocenters. The van der Waals surface area contributed by atoms with Gasteiger partial charge in [0.25, 0.3) is 5.92 Å². The van der Waals surface area contributed by atoms with Gasteiger partial charge >= 0.3 is 0 Å².